The van der Waals surface area contributed by atoms with Crippen molar-refractivity contribution in [3.63, 3.8) is 0 Å². The van der Waals surface area contributed by atoms with Gasteiger partial charge in [0.2, 0.25) is 5.60 Å². The molecule has 4 aliphatic carbocycles. The number of ketones is 1. The van der Waals surface area contributed by atoms with Gasteiger partial charge < -0.3 is 19.1 Å². The van der Waals surface area contributed by atoms with Gasteiger partial charge in [0.15, 0.2) is 11.5 Å². The number of carbonyl (C=O) groups is 3. The predicted molar refractivity (Wildman–Crippen MR) is 129 cm³/mol. The van der Waals surface area contributed by atoms with Crippen LogP contribution in [0.2, 0.25) is 0 Å². The van der Waals surface area contributed by atoms with Gasteiger partial charge >= 0.3 is 11.9 Å². The summed E-state index contributed by atoms with van der Waals surface area (Å²) in [5, 5.41) is 15.5. The number of aliphatic hydroxyl groups excluding tert-OH is 1. The number of esters is 2. The average Bonchev–Trinajstić information content (AvgIpc) is 3.37. The fraction of sp³-hybridized carbons (Fsp3) is 0.630. The number of aromatic nitrogens is 1. The molecule has 0 aliphatic heterocycles. The lowest BCUT2D eigenvalue weighted by molar-refractivity contribution is -0.199. The summed E-state index contributed by atoms with van der Waals surface area (Å²) in [5.41, 5.74) is -3.88. The third-order valence-corrected chi connectivity index (χ3v) is 10.7. The Kier molecular flexibility index (Phi) is 5.81. The summed E-state index contributed by atoms with van der Waals surface area (Å²) in [4.78, 5) is 37.5. The van der Waals surface area contributed by atoms with E-state index in [0.29, 0.717) is 12.2 Å². The fourth-order valence-electron chi connectivity index (χ4n) is 8.03. The number of aliphatic hydroxyl groups is 1. The van der Waals surface area contributed by atoms with E-state index in [1.54, 1.807) is 33.8 Å². The topological polar surface area (TPSA) is 116 Å². The van der Waals surface area contributed by atoms with E-state index in [0.717, 1.165) is 0 Å². The number of fused-ring (bicyclic) bond motifs is 5. The molecule has 37 heavy (non-hydrogen) atoms. The zero-order chi connectivity index (χ0) is 27.1. The van der Waals surface area contributed by atoms with Crippen LogP contribution in [0.5, 0.6) is 0 Å². The fourth-order valence-corrected chi connectivity index (χ4v) is 8.52. The second kappa shape index (κ2) is 8.24. The number of aryl methyl sites for hydroxylation is 1. The Bertz CT molecular complexity index is 1240. The predicted octanol–water partition coefficient (Wildman–Crippen LogP) is 3.89. The summed E-state index contributed by atoms with van der Waals surface area (Å²) in [6.45, 7) is 6.94. The van der Waals surface area contributed by atoms with Crippen molar-refractivity contribution in [3.8, 4) is 0 Å². The number of halogens is 2. The van der Waals surface area contributed by atoms with E-state index >= 15 is 4.39 Å². The third kappa shape index (κ3) is 3.16. The zero-order valence-corrected chi connectivity index (χ0v) is 22.2. The maximum atomic E-state index is 15.7. The lowest BCUT2D eigenvalue weighted by atomic mass is 9.45. The Morgan fingerprint density at radius 2 is 1.97 bits per heavy atom. The van der Waals surface area contributed by atoms with Crippen LogP contribution in [0.1, 0.15) is 56.3 Å². The van der Waals surface area contributed by atoms with Crippen molar-refractivity contribution in [2.75, 3.05) is 7.11 Å². The van der Waals surface area contributed by atoms with Gasteiger partial charge in [-0.2, -0.15) is 0 Å². The molecule has 1 aromatic rings. The molecule has 1 aromatic heterocycles. The molecule has 3 saturated carbocycles. The average molecular weight is 536 g/mol. The van der Waals surface area contributed by atoms with Gasteiger partial charge in [0, 0.05) is 22.8 Å². The highest BCUT2D eigenvalue weighted by Gasteiger charge is 2.78. The molecule has 0 radical (unpaired) electrons. The van der Waals surface area contributed by atoms with Crippen molar-refractivity contribution >= 4 is 29.3 Å². The van der Waals surface area contributed by atoms with E-state index in [-0.39, 0.29) is 29.9 Å². The maximum absolute atomic E-state index is 15.7. The molecule has 0 spiro atoms. The van der Waals surface area contributed by atoms with Crippen molar-refractivity contribution in [2.24, 2.45) is 28.6 Å². The van der Waals surface area contributed by atoms with Crippen LogP contribution < -0.4 is 0 Å². The molecule has 9 atom stereocenters. The number of nitrogens with zero attached hydrogens (tertiary/aromatic N) is 1. The third-order valence-electron chi connectivity index (χ3n) is 9.75. The first-order chi connectivity index (χ1) is 17.3. The van der Waals surface area contributed by atoms with Crippen molar-refractivity contribution in [3.05, 3.63) is 41.3 Å². The number of rotatable bonds is 3. The normalized spacial score (nSPS) is 44.4. The van der Waals surface area contributed by atoms with Gasteiger partial charge in [-0.1, -0.05) is 32.0 Å². The SMILES string of the molecule is COC(=O)[C@@]1(OC(=O)c2cc(C)on2)[C@@H](C)CC2C3C[C@H](F)C4=CC(=O)C=C[C@]4(C)[C@@]3(Cl)[C@@H](O)C[C@@]21C. The van der Waals surface area contributed by atoms with Crippen LogP contribution in [-0.2, 0) is 19.1 Å². The first-order valence-corrected chi connectivity index (χ1v) is 12.9. The molecule has 0 aromatic carbocycles. The van der Waals surface area contributed by atoms with E-state index in [1.165, 1.54) is 25.3 Å². The van der Waals surface area contributed by atoms with Crippen LogP contribution in [0.15, 0.2) is 34.4 Å². The molecular formula is C27H31ClFNO7. The molecule has 8 nitrogen and oxygen atoms in total. The van der Waals surface area contributed by atoms with Crippen LogP contribution in [-0.4, -0.2) is 57.8 Å². The summed E-state index contributed by atoms with van der Waals surface area (Å²) in [6, 6.07) is 1.41. The summed E-state index contributed by atoms with van der Waals surface area (Å²) in [6.07, 6.45) is 1.89. The zero-order valence-electron chi connectivity index (χ0n) is 21.4. The van der Waals surface area contributed by atoms with Gasteiger partial charge in [-0.25, -0.2) is 14.0 Å². The molecule has 0 bridgehead atoms. The number of carbonyl (C=O) groups excluding carboxylic acids is 3. The molecule has 0 amide bonds. The van der Waals surface area contributed by atoms with Gasteiger partial charge in [-0.05, 0) is 55.7 Å². The van der Waals surface area contributed by atoms with E-state index in [1.807, 2.05) is 0 Å². The number of ether oxygens (including phenoxy) is 2. The molecule has 2 unspecified atom stereocenters. The number of hydrogen-bond donors (Lipinski definition) is 1. The van der Waals surface area contributed by atoms with Crippen LogP contribution in [0, 0.1) is 35.5 Å². The summed E-state index contributed by atoms with van der Waals surface area (Å²) in [5.74, 6) is -3.07. The van der Waals surface area contributed by atoms with Crippen molar-refractivity contribution in [1.29, 1.82) is 0 Å². The molecule has 200 valence electrons. The van der Waals surface area contributed by atoms with Crippen LogP contribution >= 0.6 is 11.6 Å². The van der Waals surface area contributed by atoms with Gasteiger partial charge in [-0.3, -0.25) is 4.79 Å². The first-order valence-electron chi connectivity index (χ1n) is 12.5. The Morgan fingerprint density at radius 1 is 1.27 bits per heavy atom. The van der Waals surface area contributed by atoms with Gasteiger partial charge in [0.05, 0.1) is 18.1 Å². The number of alkyl halides is 2. The van der Waals surface area contributed by atoms with E-state index < -0.39 is 63.3 Å². The van der Waals surface area contributed by atoms with Crippen LogP contribution in [0.25, 0.3) is 0 Å². The first kappa shape index (κ1) is 26.1. The largest absolute Gasteiger partial charge is 0.466 e. The van der Waals surface area contributed by atoms with E-state index in [4.69, 9.17) is 25.6 Å². The molecular weight excluding hydrogens is 505 g/mol. The molecule has 1 N–H and O–H groups in total. The molecule has 4 aliphatic rings. The quantitative estimate of drug-likeness (QED) is 0.458. The summed E-state index contributed by atoms with van der Waals surface area (Å²) in [7, 11) is 1.22. The number of methoxy groups -OCH3 is 1. The Labute approximate surface area is 219 Å². The lowest BCUT2D eigenvalue weighted by Crippen LogP contribution is -2.70. The van der Waals surface area contributed by atoms with Gasteiger partial charge in [0.25, 0.3) is 0 Å². The Hall–Kier alpha value is -2.52. The monoisotopic (exact) mass is 535 g/mol. The molecule has 10 heteroatoms. The molecule has 1 heterocycles. The van der Waals surface area contributed by atoms with E-state index in [9.17, 15) is 19.5 Å². The minimum absolute atomic E-state index is 0.0101. The summed E-state index contributed by atoms with van der Waals surface area (Å²) < 4.78 is 32.0. The van der Waals surface area contributed by atoms with Crippen molar-refractivity contribution < 1.29 is 37.9 Å². The second-order valence-corrected chi connectivity index (χ2v) is 12.1. The lowest BCUT2D eigenvalue weighted by Gasteiger charge is -2.64. The smallest absolute Gasteiger partial charge is 0.361 e. The van der Waals surface area contributed by atoms with Crippen LogP contribution in [0.4, 0.5) is 4.39 Å². The summed E-state index contributed by atoms with van der Waals surface area (Å²) >= 11 is 7.38. The maximum Gasteiger partial charge on any atom is 0.361 e. The van der Waals surface area contributed by atoms with Crippen molar-refractivity contribution in [2.45, 2.75) is 69.7 Å². The van der Waals surface area contributed by atoms with E-state index in [2.05, 4.69) is 5.16 Å². The number of hydrogen-bond acceptors (Lipinski definition) is 8. The van der Waals surface area contributed by atoms with Crippen molar-refractivity contribution in [1.82, 2.24) is 5.16 Å². The van der Waals surface area contributed by atoms with Gasteiger partial charge in [-0.15, -0.1) is 11.6 Å². The van der Waals surface area contributed by atoms with Gasteiger partial charge in [0.1, 0.15) is 11.9 Å². The minimum atomic E-state index is -1.78. The minimum Gasteiger partial charge on any atom is -0.466 e. The Balaban J connectivity index is 1.63. The number of allylic oxidation sites excluding steroid dienone is 4. The molecule has 3 fully saturated rings. The molecule has 0 saturated heterocycles. The highest BCUT2D eigenvalue weighted by atomic mass is 35.5. The highest BCUT2D eigenvalue weighted by Crippen LogP contribution is 2.72. The molecule has 5 rings (SSSR count). The second-order valence-electron chi connectivity index (χ2n) is 11.4. The van der Waals surface area contributed by atoms with Crippen LogP contribution in [0.3, 0.4) is 0 Å². The Morgan fingerprint density at radius 3 is 2.59 bits per heavy atom. The standard InChI is InChI=1S/C27H31ClFNO7/c1-13-8-16-17-11-19(29)18-10-15(31)6-7-24(18,3)26(17,28)21(32)12-25(16,4)27(13,23(34)35-5)36-22(33)20-9-14(2)37-30-20/h6-7,9-10,13,16-17,19,21,32H,8,11-12H2,1-5H3/t13-,16?,17?,19-,21-,24-,25-,26-,27-/m0/s1. The highest BCUT2D eigenvalue weighted by molar-refractivity contribution is 6.26.